The largest absolute Gasteiger partial charge is 0.378 e. The van der Waals surface area contributed by atoms with Gasteiger partial charge in [-0.15, -0.1) is 0 Å². The molecule has 1 amide bonds. The van der Waals surface area contributed by atoms with Crippen molar-refractivity contribution in [3.05, 3.63) is 4.77 Å². The van der Waals surface area contributed by atoms with Crippen LogP contribution in [0.5, 0.6) is 0 Å². The summed E-state index contributed by atoms with van der Waals surface area (Å²) >= 11 is 4.91. The lowest BCUT2D eigenvalue weighted by Crippen LogP contribution is -2.41. The minimum Gasteiger partial charge on any atom is -0.378 e. The molecule has 0 unspecified atom stereocenters. The Balaban J connectivity index is 1.83. The van der Waals surface area contributed by atoms with Crippen molar-refractivity contribution in [2.24, 2.45) is 0 Å². The van der Waals surface area contributed by atoms with Gasteiger partial charge in [-0.1, -0.05) is 10.3 Å². The standard InChI is InChI=1S/C8H13N5O2S/c14-7(12-3-5-15-6-4-12)1-2-13-8(16)9-10-11-13/h1-6H2,(H,9,11,16). The van der Waals surface area contributed by atoms with E-state index in [-0.39, 0.29) is 5.91 Å². The number of ether oxygens (including phenoxy) is 1. The van der Waals surface area contributed by atoms with E-state index in [9.17, 15) is 4.79 Å². The molecule has 7 nitrogen and oxygen atoms in total. The third-order valence-electron chi connectivity index (χ3n) is 2.44. The lowest BCUT2D eigenvalue weighted by atomic mass is 10.3. The van der Waals surface area contributed by atoms with E-state index in [1.165, 1.54) is 0 Å². The van der Waals surface area contributed by atoms with Crippen LogP contribution in [0, 0.1) is 4.77 Å². The molecule has 0 radical (unpaired) electrons. The van der Waals surface area contributed by atoms with Crippen LogP contribution < -0.4 is 0 Å². The molecule has 0 aliphatic carbocycles. The van der Waals surface area contributed by atoms with E-state index < -0.39 is 0 Å². The van der Waals surface area contributed by atoms with Crippen LogP contribution in [0.4, 0.5) is 0 Å². The molecule has 16 heavy (non-hydrogen) atoms. The molecule has 1 fully saturated rings. The minimum absolute atomic E-state index is 0.111. The number of hydrogen-bond donors (Lipinski definition) is 1. The van der Waals surface area contributed by atoms with Crippen LogP contribution in [-0.2, 0) is 16.1 Å². The molecular formula is C8H13N5O2S. The number of aromatic amines is 1. The van der Waals surface area contributed by atoms with Crippen LogP contribution in [-0.4, -0.2) is 57.3 Å². The number of H-pyrrole nitrogens is 1. The summed E-state index contributed by atoms with van der Waals surface area (Å²) in [4.78, 5) is 13.6. The molecule has 1 aromatic rings. The van der Waals surface area contributed by atoms with E-state index in [0.29, 0.717) is 44.0 Å². The van der Waals surface area contributed by atoms with Gasteiger partial charge in [-0.2, -0.15) is 5.21 Å². The summed E-state index contributed by atoms with van der Waals surface area (Å²) < 4.78 is 7.12. The molecule has 0 saturated carbocycles. The topological polar surface area (TPSA) is 76.0 Å². The fraction of sp³-hybridized carbons (Fsp3) is 0.750. The van der Waals surface area contributed by atoms with Crippen LogP contribution in [0.3, 0.4) is 0 Å². The van der Waals surface area contributed by atoms with Gasteiger partial charge in [-0.25, -0.2) is 4.68 Å². The van der Waals surface area contributed by atoms with Crippen molar-refractivity contribution in [2.75, 3.05) is 26.3 Å². The average Bonchev–Trinajstić information content (AvgIpc) is 2.73. The molecule has 1 aliphatic rings. The predicted molar refractivity (Wildman–Crippen MR) is 57.2 cm³/mol. The van der Waals surface area contributed by atoms with Crippen LogP contribution in [0.25, 0.3) is 0 Å². The van der Waals surface area contributed by atoms with E-state index in [1.54, 1.807) is 9.58 Å². The van der Waals surface area contributed by atoms with E-state index in [1.807, 2.05) is 0 Å². The van der Waals surface area contributed by atoms with E-state index in [4.69, 9.17) is 17.0 Å². The maximum atomic E-state index is 11.8. The first-order chi connectivity index (χ1) is 7.77. The summed E-state index contributed by atoms with van der Waals surface area (Å²) in [5.41, 5.74) is 0. The molecule has 0 atom stereocenters. The van der Waals surface area contributed by atoms with Gasteiger partial charge in [0.05, 0.1) is 19.8 Å². The normalized spacial score (nSPS) is 16.4. The Morgan fingerprint density at radius 1 is 1.50 bits per heavy atom. The molecule has 0 bridgehead atoms. The first kappa shape index (κ1) is 11.2. The maximum Gasteiger partial charge on any atom is 0.238 e. The number of rotatable bonds is 3. The maximum absolute atomic E-state index is 11.8. The number of carbonyl (C=O) groups excluding carboxylic acids is 1. The van der Waals surface area contributed by atoms with Crippen LogP contribution in [0.1, 0.15) is 6.42 Å². The lowest BCUT2D eigenvalue weighted by molar-refractivity contribution is -0.135. The summed E-state index contributed by atoms with van der Waals surface area (Å²) in [5.74, 6) is 0.111. The van der Waals surface area contributed by atoms with Gasteiger partial charge >= 0.3 is 0 Å². The Labute approximate surface area is 97.4 Å². The van der Waals surface area contributed by atoms with Gasteiger partial charge in [-0.3, -0.25) is 4.79 Å². The van der Waals surface area contributed by atoms with Crippen LogP contribution >= 0.6 is 12.2 Å². The predicted octanol–water partition coefficient (Wildman–Crippen LogP) is -0.415. The molecular weight excluding hydrogens is 230 g/mol. The zero-order valence-corrected chi connectivity index (χ0v) is 9.57. The molecule has 1 N–H and O–H groups in total. The molecule has 2 rings (SSSR count). The zero-order chi connectivity index (χ0) is 11.4. The number of tetrazole rings is 1. The van der Waals surface area contributed by atoms with Gasteiger partial charge in [0.1, 0.15) is 0 Å². The van der Waals surface area contributed by atoms with E-state index in [2.05, 4.69) is 15.5 Å². The number of morpholine rings is 1. The monoisotopic (exact) mass is 243 g/mol. The van der Waals surface area contributed by atoms with Gasteiger partial charge < -0.3 is 9.64 Å². The number of carbonyl (C=O) groups is 1. The second kappa shape index (κ2) is 5.17. The van der Waals surface area contributed by atoms with Crippen molar-refractivity contribution in [1.29, 1.82) is 0 Å². The second-order valence-electron chi connectivity index (χ2n) is 3.48. The molecule has 0 aromatic carbocycles. The summed E-state index contributed by atoms with van der Waals surface area (Å²) in [5, 5.41) is 9.81. The van der Waals surface area contributed by atoms with Crippen molar-refractivity contribution >= 4 is 18.1 Å². The number of amides is 1. The second-order valence-corrected chi connectivity index (χ2v) is 3.84. The molecule has 0 spiro atoms. The molecule has 8 heteroatoms. The van der Waals surface area contributed by atoms with Crippen molar-refractivity contribution in [3.8, 4) is 0 Å². The van der Waals surface area contributed by atoms with Crippen molar-refractivity contribution < 1.29 is 9.53 Å². The zero-order valence-electron chi connectivity index (χ0n) is 8.76. The van der Waals surface area contributed by atoms with E-state index in [0.717, 1.165) is 0 Å². The molecule has 2 heterocycles. The van der Waals surface area contributed by atoms with Crippen molar-refractivity contribution in [1.82, 2.24) is 25.1 Å². The highest BCUT2D eigenvalue weighted by Gasteiger charge is 2.16. The number of nitrogens with one attached hydrogen (secondary N) is 1. The Kier molecular flexibility index (Phi) is 3.62. The highest BCUT2D eigenvalue weighted by atomic mass is 32.1. The van der Waals surface area contributed by atoms with Crippen molar-refractivity contribution in [3.63, 3.8) is 0 Å². The van der Waals surface area contributed by atoms with Gasteiger partial charge in [0.15, 0.2) is 0 Å². The number of hydrogen-bond acceptors (Lipinski definition) is 5. The molecule has 1 aromatic heterocycles. The van der Waals surface area contributed by atoms with Gasteiger partial charge in [0.2, 0.25) is 10.7 Å². The Morgan fingerprint density at radius 3 is 2.88 bits per heavy atom. The van der Waals surface area contributed by atoms with Gasteiger partial charge in [0.25, 0.3) is 0 Å². The van der Waals surface area contributed by atoms with Crippen LogP contribution in [0.15, 0.2) is 0 Å². The molecule has 1 aliphatic heterocycles. The Bertz CT molecular complexity index is 409. The summed E-state index contributed by atoms with van der Waals surface area (Å²) in [6, 6.07) is 0. The fourth-order valence-electron chi connectivity index (χ4n) is 1.54. The molecule has 1 saturated heterocycles. The smallest absolute Gasteiger partial charge is 0.238 e. The Morgan fingerprint density at radius 2 is 2.25 bits per heavy atom. The Hall–Kier alpha value is -1.28. The average molecular weight is 243 g/mol. The number of aryl methyl sites for hydroxylation is 1. The summed E-state index contributed by atoms with van der Waals surface area (Å²) in [6.07, 6.45) is 0.401. The third kappa shape index (κ3) is 2.64. The number of aromatic nitrogens is 4. The summed E-state index contributed by atoms with van der Waals surface area (Å²) in [6.45, 7) is 3.08. The minimum atomic E-state index is 0.111. The molecule has 88 valence electrons. The SMILES string of the molecule is O=C(CCn1[nH]nnc1=S)N1CCOCC1. The highest BCUT2D eigenvalue weighted by molar-refractivity contribution is 7.71. The first-order valence-electron chi connectivity index (χ1n) is 5.11. The number of nitrogens with zero attached hydrogens (tertiary/aromatic N) is 4. The quantitative estimate of drug-likeness (QED) is 0.730. The van der Waals surface area contributed by atoms with Gasteiger partial charge in [0, 0.05) is 19.5 Å². The van der Waals surface area contributed by atoms with Crippen molar-refractivity contribution in [2.45, 2.75) is 13.0 Å². The third-order valence-corrected chi connectivity index (χ3v) is 2.75. The van der Waals surface area contributed by atoms with E-state index >= 15 is 0 Å². The van der Waals surface area contributed by atoms with Gasteiger partial charge in [-0.05, 0) is 12.2 Å². The lowest BCUT2D eigenvalue weighted by Gasteiger charge is -2.26. The highest BCUT2D eigenvalue weighted by Crippen LogP contribution is 2.01. The fourth-order valence-corrected chi connectivity index (χ4v) is 1.71. The first-order valence-corrected chi connectivity index (χ1v) is 5.51. The van der Waals surface area contributed by atoms with Crippen LogP contribution in [0.2, 0.25) is 0 Å². The summed E-state index contributed by atoms with van der Waals surface area (Å²) in [7, 11) is 0.